The zero-order chi connectivity index (χ0) is 22.1. The molecule has 9 heteroatoms. The minimum absolute atomic E-state index is 0.103. The number of rotatable bonds is 6. The number of hydrogen-bond donors (Lipinski definition) is 1. The van der Waals surface area contributed by atoms with E-state index in [2.05, 4.69) is 30.2 Å². The molecule has 1 saturated heterocycles. The standard InChI is InChI=1S/C22H29N7O2/c1-14-11-15(2)29(26-14)19-12-18(24-22(25-19)17-9-8-16(3)31-17)23-20(30)13-28-10-6-7-21(28)27(4)5/h8-9,11-12,21H,6-7,10,13H2,1-5H3,(H,23,24,25,30)/t21-/m1/s1. The van der Waals surface area contributed by atoms with Crippen molar-refractivity contribution in [3.05, 3.63) is 41.4 Å². The lowest BCUT2D eigenvalue weighted by Gasteiger charge is -2.29. The first-order valence-corrected chi connectivity index (χ1v) is 10.5. The second-order valence-corrected chi connectivity index (χ2v) is 8.29. The van der Waals surface area contributed by atoms with Crippen molar-refractivity contribution in [2.45, 2.75) is 39.8 Å². The van der Waals surface area contributed by atoms with Crippen LogP contribution in [0.3, 0.4) is 0 Å². The Morgan fingerprint density at radius 2 is 2.03 bits per heavy atom. The summed E-state index contributed by atoms with van der Waals surface area (Å²) in [5.74, 6) is 2.61. The third-order valence-electron chi connectivity index (χ3n) is 5.44. The highest BCUT2D eigenvalue weighted by atomic mass is 16.3. The minimum Gasteiger partial charge on any atom is -0.458 e. The van der Waals surface area contributed by atoms with Crippen LogP contribution in [0.15, 0.2) is 28.7 Å². The van der Waals surface area contributed by atoms with Gasteiger partial charge in [-0.05, 0) is 65.9 Å². The van der Waals surface area contributed by atoms with Crippen molar-refractivity contribution in [2.24, 2.45) is 0 Å². The fraction of sp³-hybridized carbons (Fsp3) is 0.455. The van der Waals surface area contributed by atoms with Gasteiger partial charge in [0.05, 0.1) is 18.4 Å². The summed E-state index contributed by atoms with van der Waals surface area (Å²) in [6, 6.07) is 7.41. The molecule has 1 fully saturated rings. The molecule has 0 radical (unpaired) electrons. The van der Waals surface area contributed by atoms with Gasteiger partial charge >= 0.3 is 0 Å². The van der Waals surface area contributed by atoms with Crippen LogP contribution in [-0.4, -0.2) is 68.8 Å². The molecule has 1 amide bonds. The summed E-state index contributed by atoms with van der Waals surface area (Å²) >= 11 is 0. The van der Waals surface area contributed by atoms with Gasteiger partial charge in [-0.2, -0.15) is 5.10 Å². The molecule has 0 bridgehead atoms. The fourth-order valence-corrected chi connectivity index (χ4v) is 4.08. The van der Waals surface area contributed by atoms with Gasteiger partial charge in [-0.1, -0.05) is 0 Å². The van der Waals surface area contributed by atoms with E-state index in [4.69, 9.17) is 4.42 Å². The topological polar surface area (TPSA) is 92.3 Å². The number of anilines is 1. The van der Waals surface area contributed by atoms with Gasteiger partial charge in [-0.3, -0.25) is 14.6 Å². The van der Waals surface area contributed by atoms with Crippen LogP contribution in [-0.2, 0) is 4.79 Å². The molecule has 4 rings (SSSR count). The summed E-state index contributed by atoms with van der Waals surface area (Å²) in [5.41, 5.74) is 1.83. The second kappa shape index (κ2) is 8.60. The molecule has 1 N–H and O–H groups in total. The maximum Gasteiger partial charge on any atom is 0.239 e. The lowest BCUT2D eigenvalue weighted by molar-refractivity contribution is -0.118. The summed E-state index contributed by atoms with van der Waals surface area (Å²) in [6.45, 7) is 6.99. The number of amides is 1. The van der Waals surface area contributed by atoms with E-state index in [9.17, 15) is 4.79 Å². The van der Waals surface area contributed by atoms with Gasteiger partial charge in [0, 0.05) is 18.3 Å². The Bertz CT molecular complexity index is 1090. The number of likely N-dealkylation sites (tertiary alicyclic amines) is 1. The van der Waals surface area contributed by atoms with Gasteiger partial charge in [0.15, 0.2) is 17.4 Å². The van der Waals surface area contributed by atoms with Crippen molar-refractivity contribution in [3.63, 3.8) is 0 Å². The molecule has 0 aromatic carbocycles. The van der Waals surface area contributed by atoms with E-state index in [1.54, 1.807) is 10.7 Å². The van der Waals surface area contributed by atoms with E-state index in [-0.39, 0.29) is 12.1 Å². The number of hydrogen-bond acceptors (Lipinski definition) is 7. The Balaban J connectivity index is 1.62. The minimum atomic E-state index is -0.103. The average Bonchev–Trinajstić information content (AvgIpc) is 3.41. The van der Waals surface area contributed by atoms with Crippen molar-refractivity contribution in [1.82, 2.24) is 29.5 Å². The van der Waals surface area contributed by atoms with E-state index in [1.807, 2.05) is 53.1 Å². The maximum absolute atomic E-state index is 12.8. The van der Waals surface area contributed by atoms with Crippen LogP contribution >= 0.6 is 0 Å². The van der Waals surface area contributed by atoms with Crippen molar-refractivity contribution in [2.75, 3.05) is 32.5 Å². The Labute approximate surface area is 182 Å². The van der Waals surface area contributed by atoms with Crippen molar-refractivity contribution >= 4 is 11.7 Å². The van der Waals surface area contributed by atoms with Gasteiger partial charge in [0.1, 0.15) is 11.6 Å². The first kappa shape index (κ1) is 21.2. The highest BCUT2D eigenvalue weighted by molar-refractivity contribution is 5.91. The highest BCUT2D eigenvalue weighted by Crippen LogP contribution is 2.23. The smallest absolute Gasteiger partial charge is 0.239 e. The molecule has 0 spiro atoms. The van der Waals surface area contributed by atoms with Crippen LogP contribution in [0.25, 0.3) is 17.4 Å². The SMILES string of the molecule is Cc1cc(C)n(-c2cc(NC(=O)CN3CCC[C@@H]3N(C)C)nc(-c3ccc(C)o3)n2)n1. The normalized spacial score (nSPS) is 16.9. The van der Waals surface area contributed by atoms with E-state index in [0.717, 1.165) is 36.5 Å². The molecule has 3 aromatic rings. The maximum atomic E-state index is 12.8. The Morgan fingerprint density at radius 3 is 2.68 bits per heavy atom. The second-order valence-electron chi connectivity index (χ2n) is 8.29. The average molecular weight is 424 g/mol. The van der Waals surface area contributed by atoms with Crippen molar-refractivity contribution < 1.29 is 9.21 Å². The van der Waals surface area contributed by atoms with Gasteiger partial charge in [-0.15, -0.1) is 0 Å². The number of nitrogens with zero attached hydrogens (tertiary/aromatic N) is 6. The summed E-state index contributed by atoms with van der Waals surface area (Å²) in [7, 11) is 4.09. The van der Waals surface area contributed by atoms with E-state index in [0.29, 0.717) is 29.8 Å². The largest absolute Gasteiger partial charge is 0.458 e. The molecule has 0 saturated carbocycles. The van der Waals surface area contributed by atoms with Gasteiger partial charge in [0.2, 0.25) is 5.91 Å². The number of aromatic nitrogens is 4. The first-order valence-electron chi connectivity index (χ1n) is 10.5. The lowest BCUT2D eigenvalue weighted by atomic mass is 10.3. The molecule has 1 atom stereocenters. The first-order chi connectivity index (χ1) is 14.8. The molecule has 31 heavy (non-hydrogen) atoms. The Morgan fingerprint density at radius 1 is 1.23 bits per heavy atom. The Hall–Kier alpha value is -3.04. The van der Waals surface area contributed by atoms with Gasteiger partial charge in [0.25, 0.3) is 0 Å². The van der Waals surface area contributed by atoms with Crippen molar-refractivity contribution in [3.8, 4) is 17.4 Å². The quantitative estimate of drug-likeness (QED) is 0.652. The predicted molar refractivity (Wildman–Crippen MR) is 118 cm³/mol. The van der Waals surface area contributed by atoms with Crippen molar-refractivity contribution in [1.29, 1.82) is 0 Å². The van der Waals surface area contributed by atoms with Crippen LogP contribution in [0.4, 0.5) is 5.82 Å². The summed E-state index contributed by atoms with van der Waals surface area (Å²) in [6.07, 6.45) is 2.44. The third kappa shape index (κ3) is 4.67. The van der Waals surface area contributed by atoms with Crippen LogP contribution in [0.2, 0.25) is 0 Å². The monoisotopic (exact) mass is 423 g/mol. The molecular formula is C22H29N7O2. The highest BCUT2D eigenvalue weighted by Gasteiger charge is 2.27. The number of carbonyl (C=O) groups excluding carboxylic acids is 1. The molecule has 3 aromatic heterocycles. The fourth-order valence-electron chi connectivity index (χ4n) is 4.08. The molecule has 0 aliphatic carbocycles. The predicted octanol–water partition coefficient (Wildman–Crippen LogP) is 2.77. The number of furan rings is 1. The zero-order valence-electron chi connectivity index (χ0n) is 18.7. The van der Waals surface area contributed by atoms with Gasteiger partial charge < -0.3 is 9.73 Å². The summed E-state index contributed by atoms with van der Waals surface area (Å²) in [4.78, 5) is 26.4. The van der Waals surface area contributed by atoms with E-state index in [1.165, 1.54) is 0 Å². The molecular weight excluding hydrogens is 394 g/mol. The van der Waals surface area contributed by atoms with Crippen LogP contribution in [0.5, 0.6) is 0 Å². The lowest BCUT2D eigenvalue weighted by Crippen LogP contribution is -2.44. The Kier molecular flexibility index (Phi) is 5.88. The van der Waals surface area contributed by atoms with Crippen LogP contribution in [0.1, 0.15) is 30.0 Å². The third-order valence-corrected chi connectivity index (χ3v) is 5.44. The summed E-state index contributed by atoms with van der Waals surface area (Å²) in [5, 5.41) is 7.47. The molecule has 4 heterocycles. The zero-order valence-corrected chi connectivity index (χ0v) is 18.7. The van der Waals surface area contributed by atoms with Gasteiger partial charge in [-0.25, -0.2) is 14.6 Å². The molecule has 164 valence electrons. The summed E-state index contributed by atoms with van der Waals surface area (Å²) < 4.78 is 7.47. The molecule has 9 nitrogen and oxygen atoms in total. The van der Waals surface area contributed by atoms with E-state index < -0.39 is 0 Å². The number of carbonyl (C=O) groups is 1. The number of aryl methyl sites for hydroxylation is 3. The van der Waals surface area contributed by atoms with Crippen LogP contribution < -0.4 is 5.32 Å². The molecule has 1 aliphatic rings. The molecule has 1 aliphatic heterocycles. The van der Waals surface area contributed by atoms with Crippen LogP contribution in [0, 0.1) is 20.8 Å². The number of nitrogens with one attached hydrogen (secondary N) is 1. The van der Waals surface area contributed by atoms with E-state index >= 15 is 0 Å². The molecule has 0 unspecified atom stereocenters.